The SMILES string of the molecule is COc1cc(N2CCN3C(CCC[C@@H]3c3ccc(OCCCN4CCCCC4)c(OC)c3)C2)ccc1Cl. The van der Waals surface area contributed by atoms with Crippen LogP contribution < -0.4 is 19.1 Å². The molecule has 0 saturated carbocycles. The van der Waals surface area contributed by atoms with Crippen molar-refractivity contribution in [2.45, 2.75) is 57.0 Å². The van der Waals surface area contributed by atoms with Gasteiger partial charge in [-0.05, 0) is 81.4 Å². The number of rotatable bonds is 9. The molecule has 0 spiro atoms. The van der Waals surface area contributed by atoms with Crippen molar-refractivity contribution in [3.63, 3.8) is 0 Å². The van der Waals surface area contributed by atoms with Gasteiger partial charge in [-0.15, -0.1) is 0 Å². The van der Waals surface area contributed by atoms with E-state index in [1.807, 2.05) is 6.07 Å². The van der Waals surface area contributed by atoms with Crippen LogP contribution in [0.15, 0.2) is 36.4 Å². The highest BCUT2D eigenvalue weighted by Crippen LogP contribution is 2.40. The third-order valence-corrected chi connectivity index (χ3v) is 8.65. The number of methoxy groups -OCH3 is 2. The highest BCUT2D eigenvalue weighted by Gasteiger charge is 2.36. The van der Waals surface area contributed by atoms with Crippen molar-refractivity contribution >= 4 is 17.3 Å². The fourth-order valence-corrected chi connectivity index (χ4v) is 6.55. The lowest BCUT2D eigenvalue weighted by molar-refractivity contribution is 0.0715. The lowest BCUT2D eigenvalue weighted by Gasteiger charge is -2.49. The van der Waals surface area contributed by atoms with Gasteiger partial charge in [0.05, 0.1) is 25.8 Å². The van der Waals surface area contributed by atoms with E-state index < -0.39 is 0 Å². The van der Waals surface area contributed by atoms with Gasteiger partial charge >= 0.3 is 0 Å². The summed E-state index contributed by atoms with van der Waals surface area (Å²) in [5.41, 5.74) is 2.52. The molecule has 6 nitrogen and oxygen atoms in total. The zero-order chi connectivity index (χ0) is 25.6. The van der Waals surface area contributed by atoms with E-state index in [4.69, 9.17) is 25.8 Å². The molecule has 0 aliphatic carbocycles. The monoisotopic (exact) mass is 527 g/mol. The zero-order valence-corrected chi connectivity index (χ0v) is 23.2. The van der Waals surface area contributed by atoms with Gasteiger partial charge in [0.15, 0.2) is 11.5 Å². The first-order chi connectivity index (χ1) is 18.2. The van der Waals surface area contributed by atoms with E-state index >= 15 is 0 Å². The molecule has 0 radical (unpaired) electrons. The molecule has 0 bridgehead atoms. The van der Waals surface area contributed by atoms with Crippen LogP contribution in [-0.4, -0.2) is 75.9 Å². The maximum Gasteiger partial charge on any atom is 0.161 e. The number of nitrogens with zero attached hydrogens (tertiary/aromatic N) is 3. The van der Waals surface area contributed by atoms with Gasteiger partial charge in [0, 0.05) is 50.0 Å². The number of benzene rings is 2. The number of hydrogen-bond acceptors (Lipinski definition) is 6. The maximum absolute atomic E-state index is 6.26. The van der Waals surface area contributed by atoms with Crippen molar-refractivity contribution in [2.75, 3.05) is 65.0 Å². The van der Waals surface area contributed by atoms with Gasteiger partial charge in [-0.25, -0.2) is 0 Å². The second-order valence-corrected chi connectivity index (χ2v) is 11.0. The summed E-state index contributed by atoms with van der Waals surface area (Å²) in [7, 11) is 3.43. The molecule has 3 aliphatic rings. The summed E-state index contributed by atoms with van der Waals surface area (Å²) < 4.78 is 17.4. The van der Waals surface area contributed by atoms with Crippen LogP contribution in [0.25, 0.3) is 0 Å². The van der Waals surface area contributed by atoms with Gasteiger partial charge in [-0.3, -0.25) is 4.90 Å². The maximum atomic E-state index is 6.26. The van der Waals surface area contributed by atoms with E-state index in [-0.39, 0.29) is 0 Å². The van der Waals surface area contributed by atoms with Crippen molar-refractivity contribution in [3.05, 3.63) is 47.0 Å². The van der Waals surface area contributed by atoms with E-state index in [1.54, 1.807) is 14.2 Å². The fourth-order valence-electron chi connectivity index (χ4n) is 6.35. The minimum absolute atomic E-state index is 0.419. The first-order valence-electron chi connectivity index (χ1n) is 14.0. The molecule has 3 heterocycles. The van der Waals surface area contributed by atoms with E-state index in [1.165, 1.54) is 62.9 Å². The summed E-state index contributed by atoms with van der Waals surface area (Å²) in [6, 6.07) is 13.7. The Morgan fingerprint density at radius 1 is 0.838 bits per heavy atom. The number of ether oxygens (including phenoxy) is 3. The number of hydrogen-bond donors (Lipinski definition) is 0. The molecule has 0 amide bonds. The van der Waals surface area contributed by atoms with Gasteiger partial charge in [0.2, 0.25) is 0 Å². The van der Waals surface area contributed by atoms with Crippen LogP contribution in [0, 0.1) is 0 Å². The predicted molar refractivity (Wildman–Crippen MR) is 151 cm³/mol. The minimum Gasteiger partial charge on any atom is -0.495 e. The molecule has 5 rings (SSSR count). The molecule has 2 atom stereocenters. The Bertz CT molecular complexity index is 1030. The lowest BCUT2D eigenvalue weighted by atomic mass is 9.89. The number of piperazine rings is 1. The van der Waals surface area contributed by atoms with E-state index in [0.29, 0.717) is 17.1 Å². The quantitative estimate of drug-likeness (QED) is 0.371. The summed E-state index contributed by atoms with van der Waals surface area (Å²) in [4.78, 5) is 7.75. The second-order valence-electron chi connectivity index (χ2n) is 10.6. The van der Waals surface area contributed by atoms with Crippen LogP contribution in [-0.2, 0) is 0 Å². The highest BCUT2D eigenvalue weighted by atomic mass is 35.5. The first-order valence-corrected chi connectivity index (χ1v) is 14.4. The average molecular weight is 528 g/mol. The molecule has 7 heteroatoms. The number of fused-ring (bicyclic) bond motifs is 1. The third-order valence-electron chi connectivity index (χ3n) is 8.34. The Hall–Kier alpha value is -2.15. The summed E-state index contributed by atoms with van der Waals surface area (Å²) >= 11 is 6.26. The van der Waals surface area contributed by atoms with Crippen molar-refractivity contribution in [3.8, 4) is 17.2 Å². The highest BCUT2D eigenvalue weighted by molar-refractivity contribution is 6.32. The van der Waals surface area contributed by atoms with Crippen molar-refractivity contribution in [1.29, 1.82) is 0 Å². The lowest BCUT2D eigenvalue weighted by Crippen LogP contribution is -2.55. The molecule has 3 aliphatic heterocycles. The Morgan fingerprint density at radius 2 is 1.68 bits per heavy atom. The van der Waals surface area contributed by atoms with Gasteiger partial charge in [0.1, 0.15) is 5.75 Å². The average Bonchev–Trinajstić information content (AvgIpc) is 2.95. The van der Waals surface area contributed by atoms with E-state index in [0.717, 1.165) is 56.5 Å². The topological polar surface area (TPSA) is 37.4 Å². The Balaban J connectivity index is 1.20. The third kappa shape index (κ3) is 6.30. The molecule has 2 aromatic rings. The molecule has 202 valence electrons. The molecule has 3 fully saturated rings. The van der Waals surface area contributed by atoms with Crippen LogP contribution >= 0.6 is 11.6 Å². The van der Waals surface area contributed by atoms with Crippen LogP contribution in [0.4, 0.5) is 5.69 Å². The normalized spacial score (nSPS) is 22.9. The Kier molecular flexibility index (Phi) is 9.01. The number of anilines is 1. The molecule has 2 aromatic carbocycles. The first kappa shape index (κ1) is 26.5. The zero-order valence-electron chi connectivity index (χ0n) is 22.5. The fraction of sp³-hybridized carbons (Fsp3) is 0.600. The Morgan fingerprint density at radius 3 is 2.49 bits per heavy atom. The predicted octanol–water partition coefficient (Wildman–Crippen LogP) is 6.03. The van der Waals surface area contributed by atoms with E-state index in [2.05, 4.69) is 45.0 Å². The number of piperidine rings is 2. The largest absolute Gasteiger partial charge is 0.495 e. The standard InChI is InChI=1S/C30H42ClN3O3/c1-35-29-21-24(11-12-26(29)31)33-17-18-34-25(22-33)8-6-9-27(34)23-10-13-28(30(20-23)36-2)37-19-7-16-32-14-4-3-5-15-32/h10-13,20-21,25,27H,3-9,14-19,22H2,1-2H3/t25?,27-/m1/s1. The molecule has 37 heavy (non-hydrogen) atoms. The van der Waals surface area contributed by atoms with Gasteiger partial charge < -0.3 is 24.0 Å². The van der Waals surface area contributed by atoms with Crippen molar-refractivity contribution < 1.29 is 14.2 Å². The molecule has 0 aromatic heterocycles. The van der Waals surface area contributed by atoms with Gasteiger partial charge in [0.25, 0.3) is 0 Å². The number of likely N-dealkylation sites (tertiary alicyclic amines) is 1. The van der Waals surface area contributed by atoms with E-state index in [9.17, 15) is 0 Å². The summed E-state index contributed by atoms with van der Waals surface area (Å²) in [5.74, 6) is 2.45. The minimum atomic E-state index is 0.419. The summed E-state index contributed by atoms with van der Waals surface area (Å²) in [6.45, 7) is 7.39. The molecule has 0 N–H and O–H groups in total. The smallest absolute Gasteiger partial charge is 0.161 e. The van der Waals surface area contributed by atoms with Crippen LogP contribution in [0.3, 0.4) is 0 Å². The van der Waals surface area contributed by atoms with Gasteiger partial charge in [-0.2, -0.15) is 0 Å². The summed E-state index contributed by atoms with van der Waals surface area (Å²) in [6.07, 6.45) is 8.76. The Labute approximate surface area is 227 Å². The van der Waals surface area contributed by atoms with Crippen LogP contribution in [0.2, 0.25) is 5.02 Å². The molecular weight excluding hydrogens is 486 g/mol. The molecule has 3 saturated heterocycles. The second kappa shape index (κ2) is 12.6. The van der Waals surface area contributed by atoms with Gasteiger partial charge in [-0.1, -0.05) is 24.1 Å². The number of halogens is 1. The molecular formula is C30H42ClN3O3. The van der Waals surface area contributed by atoms with Crippen LogP contribution in [0.5, 0.6) is 17.2 Å². The molecule has 1 unspecified atom stereocenters. The van der Waals surface area contributed by atoms with Crippen molar-refractivity contribution in [2.24, 2.45) is 0 Å². The summed E-state index contributed by atoms with van der Waals surface area (Å²) in [5, 5.41) is 0.658. The van der Waals surface area contributed by atoms with Crippen molar-refractivity contribution in [1.82, 2.24) is 9.80 Å². The van der Waals surface area contributed by atoms with Crippen LogP contribution in [0.1, 0.15) is 56.6 Å².